The number of ether oxygens (including phenoxy) is 1. The lowest BCUT2D eigenvalue weighted by molar-refractivity contribution is -0.160. The highest BCUT2D eigenvalue weighted by Crippen LogP contribution is 2.67. The first-order chi connectivity index (χ1) is 27.9. The summed E-state index contributed by atoms with van der Waals surface area (Å²) in [5.74, 6) is 1.46. The van der Waals surface area contributed by atoms with Gasteiger partial charge in [0.1, 0.15) is 12.1 Å². The smallest absolute Gasteiger partial charge is 0.323 e. The summed E-state index contributed by atoms with van der Waals surface area (Å²) in [6.45, 7) is 17.2. The summed E-state index contributed by atoms with van der Waals surface area (Å²) < 4.78 is 9.08. The maximum absolute atomic E-state index is 14.0. The van der Waals surface area contributed by atoms with Crippen molar-refractivity contribution in [1.29, 1.82) is 0 Å². The monoisotopic (exact) mass is 821 g/mol. The van der Waals surface area contributed by atoms with Crippen LogP contribution < -0.4 is 16.4 Å². The van der Waals surface area contributed by atoms with Crippen LogP contribution in [0.1, 0.15) is 147 Å². The number of nitrogens with one attached hydrogen (secondary N) is 1. The Hall–Kier alpha value is -3.51. The molecule has 2 heterocycles. The molecule has 0 saturated heterocycles. The average molecular weight is 821 g/mol. The van der Waals surface area contributed by atoms with E-state index >= 15 is 0 Å². The lowest BCUT2D eigenvalue weighted by Gasteiger charge is -2.58. The van der Waals surface area contributed by atoms with Crippen molar-refractivity contribution >= 4 is 17.9 Å². The van der Waals surface area contributed by atoms with E-state index in [1.165, 1.54) is 59.9 Å². The zero-order valence-corrected chi connectivity index (χ0v) is 37.1. The number of hydrogen-bond donors (Lipinski definition) is 3. The fourth-order valence-corrected chi connectivity index (χ4v) is 12.7. The number of carbonyl (C=O) groups is 3. The third kappa shape index (κ3) is 8.95. The van der Waals surface area contributed by atoms with Crippen LogP contribution >= 0.6 is 0 Å². The van der Waals surface area contributed by atoms with Crippen molar-refractivity contribution in [2.75, 3.05) is 19.6 Å². The van der Waals surface area contributed by atoms with Crippen molar-refractivity contribution in [3.8, 4) is 0 Å². The molecule has 12 nitrogen and oxygen atoms in total. The lowest BCUT2D eigenvalue weighted by atomic mass is 9.47. The predicted molar refractivity (Wildman–Crippen MR) is 228 cm³/mol. The van der Waals surface area contributed by atoms with Gasteiger partial charge in [0.15, 0.2) is 0 Å². The molecule has 328 valence electrons. The van der Waals surface area contributed by atoms with Gasteiger partial charge in [-0.25, -0.2) is 4.52 Å². The van der Waals surface area contributed by atoms with Crippen molar-refractivity contribution in [2.24, 2.45) is 46.3 Å². The number of aryl methyl sites for hydroxylation is 1. The van der Waals surface area contributed by atoms with E-state index in [0.29, 0.717) is 66.4 Å². The highest BCUT2D eigenvalue weighted by atomic mass is 16.5. The second-order valence-corrected chi connectivity index (χ2v) is 20.0. The van der Waals surface area contributed by atoms with Crippen LogP contribution in [0.3, 0.4) is 0 Å². The molecular formula is C47H72N4O8. The second kappa shape index (κ2) is 18.2. The molecule has 2 aromatic heterocycles. The molecular weight excluding hydrogens is 749 g/mol. The molecule has 4 unspecified atom stereocenters. The van der Waals surface area contributed by atoms with Gasteiger partial charge in [-0.3, -0.25) is 28.9 Å². The Bertz CT molecular complexity index is 1980. The summed E-state index contributed by atoms with van der Waals surface area (Å²) in [6.07, 6.45) is 16.2. The lowest BCUT2D eigenvalue weighted by Crippen LogP contribution is -2.51. The van der Waals surface area contributed by atoms with Crippen molar-refractivity contribution in [3.05, 3.63) is 54.9 Å². The molecule has 59 heavy (non-hydrogen) atoms. The zero-order chi connectivity index (χ0) is 43.0. The molecule has 3 fully saturated rings. The van der Waals surface area contributed by atoms with E-state index < -0.39 is 37.0 Å². The normalized spacial score (nSPS) is 28.9. The predicted octanol–water partition coefficient (Wildman–Crippen LogP) is 7.18. The van der Waals surface area contributed by atoms with Gasteiger partial charge in [0.05, 0.1) is 18.8 Å². The molecule has 4 aliphatic carbocycles. The molecule has 4 aliphatic rings. The third-order valence-electron chi connectivity index (χ3n) is 16.1. The minimum absolute atomic E-state index is 0.0793. The van der Waals surface area contributed by atoms with E-state index in [1.54, 1.807) is 18.4 Å². The number of unbranched alkanes of at least 4 members (excludes halogenated alkanes) is 1. The highest BCUT2D eigenvalue weighted by molar-refractivity contribution is 5.79. The summed E-state index contributed by atoms with van der Waals surface area (Å²) in [7, 11) is 0. The van der Waals surface area contributed by atoms with E-state index in [-0.39, 0.29) is 29.1 Å². The summed E-state index contributed by atoms with van der Waals surface area (Å²) >= 11 is 0. The van der Waals surface area contributed by atoms with E-state index in [4.69, 9.17) is 4.74 Å². The number of esters is 1. The first kappa shape index (κ1) is 45.0. The van der Waals surface area contributed by atoms with Crippen molar-refractivity contribution in [2.45, 2.75) is 164 Å². The van der Waals surface area contributed by atoms with Gasteiger partial charge in [-0.1, -0.05) is 72.0 Å². The van der Waals surface area contributed by atoms with Crippen LogP contribution in [0.5, 0.6) is 0 Å². The highest BCUT2D eigenvalue weighted by Gasteiger charge is 2.59. The molecule has 3 N–H and O–H groups in total. The number of carboxylic acid groups (broad SMARTS) is 2. The molecule has 12 heteroatoms. The first-order valence-corrected chi connectivity index (χ1v) is 22.7. The summed E-state index contributed by atoms with van der Waals surface area (Å²) in [4.78, 5) is 64.4. The van der Waals surface area contributed by atoms with Gasteiger partial charge >= 0.3 is 17.9 Å². The van der Waals surface area contributed by atoms with Gasteiger partial charge in [-0.2, -0.15) is 4.52 Å². The van der Waals surface area contributed by atoms with E-state index in [9.17, 15) is 34.2 Å². The Labute approximate surface area is 350 Å². The molecule has 9 atom stereocenters. The fraction of sp³-hybridized carbons (Fsp3) is 0.766. The van der Waals surface area contributed by atoms with E-state index in [1.807, 2.05) is 6.92 Å². The maximum Gasteiger partial charge on any atom is 0.323 e. The largest absolute Gasteiger partial charge is 0.480 e. The Morgan fingerprint density at radius 3 is 2.24 bits per heavy atom. The van der Waals surface area contributed by atoms with Crippen LogP contribution in [-0.4, -0.2) is 73.8 Å². The number of fused-ring (bicyclic) bond motifs is 6. The molecule has 3 saturated carbocycles. The summed E-state index contributed by atoms with van der Waals surface area (Å²) in [5, 5.41) is 22.8. The molecule has 0 aliphatic heterocycles. The molecule has 0 bridgehead atoms. The molecule has 0 aromatic carbocycles. The standard InChI is InChI=1S/C47H72N4O8/c1-28(2)12-11-13-29(3)36-17-18-37-35-16-15-33-24-34(19-21-46(33,7)38(35)20-22-47(36,37)8)59-45(58)39(49(26-41(52)53)27-42(54)55)14-9-10-23-48-25-40-31(5)44(57)51-43(56)30(4)32(6)50(40)51/h15,28-29,34-39,48H,9-14,16-27H2,1-8H3,(H,52,53)(H,54,55)/t29-,34+,35?,36-,37?,38?,39?,46+,47-/m1/s1. The van der Waals surface area contributed by atoms with E-state index in [2.05, 4.69) is 46.0 Å². The van der Waals surface area contributed by atoms with E-state index in [0.717, 1.165) is 48.6 Å². The van der Waals surface area contributed by atoms with Crippen LogP contribution in [-0.2, 0) is 25.7 Å². The Morgan fingerprint density at radius 1 is 0.864 bits per heavy atom. The number of aromatic nitrogens is 2. The minimum Gasteiger partial charge on any atom is -0.480 e. The SMILES string of the molecule is Cc1c(C)n2c(CNCCCCC(C(=O)O[C@H]3CC[C@@]4(C)C(=CCC5C4CC[C@@]4(C)C5CC[C@@H]4[C@H](C)CCCC(C)C)C3)N(CC(=O)O)CC(=O)O)c(C)c(=O)n2c1=O. The van der Waals surface area contributed by atoms with Gasteiger partial charge in [-0.15, -0.1) is 0 Å². The van der Waals surface area contributed by atoms with Gasteiger partial charge in [0.25, 0.3) is 11.1 Å². The van der Waals surface area contributed by atoms with Crippen LogP contribution in [0.15, 0.2) is 21.2 Å². The van der Waals surface area contributed by atoms with Crippen LogP contribution in [0.2, 0.25) is 0 Å². The molecule has 0 spiro atoms. The number of rotatable bonds is 19. The Morgan fingerprint density at radius 2 is 1.56 bits per heavy atom. The van der Waals surface area contributed by atoms with Crippen molar-refractivity contribution in [1.82, 2.24) is 19.2 Å². The third-order valence-corrected chi connectivity index (χ3v) is 16.1. The van der Waals surface area contributed by atoms with Gasteiger partial charge < -0.3 is 20.3 Å². The van der Waals surface area contributed by atoms with Gasteiger partial charge in [-0.05, 0) is 131 Å². The molecule has 2 aromatic rings. The van der Waals surface area contributed by atoms with Crippen molar-refractivity contribution in [3.63, 3.8) is 0 Å². The van der Waals surface area contributed by atoms with Crippen LogP contribution in [0.25, 0.3) is 0 Å². The van der Waals surface area contributed by atoms with Crippen LogP contribution in [0, 0.1) is 67.1 Å². The second-order valence-electron chi connectivity index (χ2n) is 20.0. The number of nitrogens with zero attached hydrogens (tertiary/aromatic N) is 3. The molecule has 6 rings (SSSR count). The summed E-state index contributed by atoms with van der Waals surface area (Å²) in [6, 6.07) is -1.02. The maximum atomic E-state index is 14.0. The van der Waals surface area contributed by atoms with Gasteiger partial charge in [0, 0.05) is 29.8 Å². The Kier molecular flexibility index (Phi) is 13.9. The van der Waals surface area contributed by atoms with Crippen LogP contribution in [0.4, 0.5) is 0 Å². The number of allylic oxidation sites excluding steroid dienone is 1. The average Bonchev–Trinajstić information content (AvgIpc) is 3.73. The zero-order valence-electron chi connectivity index (χ0n) is 37.1. The fourth-order valence-electron chi connectivity index (χ4n) is 12.7. The number of carboxylic acids is 2. The molecule has 0 amide bonds. The first-order valence-electron chi connectivity index (χ1n) is 22.7. The van der Waals surface area contributed by atoms with Crippen molar-refractivity contribution < 1.29 is 29.3 Å². The topological polar surface area (TPSA) is 159 Å². The number of aliphatic carboxylic acids is 2. The quantitative estimate of drug-likeness (QED) is 0.0754. The minimum atomic E-state index is -1.21. The summed E-state index contributed by atoms with van der Waals surface area (Å²) in [5.41, 5.74) is 3.72. The van der Waals surface area contributed by atoms with Gasteiger partial charge in [0.2, 0.25) is 0 Å². The Balaban J connectivity index is 1.07. The number of carbonyl (C=O) groups excluding carboxylic acids is 1. The number of hydrogen-bond acceptors (Lipinski definition) is 8. The molecule has 0 radical (unpaired) electrons.